The second-order valence-corrected chi connectivity index (χ2v) is 5.49. The number of allylic oxidation sites excluding steroid dienone is 5. The monoisotopic (exact) mass is 269 g/mol. The highest BCUT2D eigenvalue weighted by molar-refractivity contribution is 5.40. The van der Waals surface area contributed by atoms with Gasteiger partial charge in [-0.15, -0.1) is 0 Å². The van der Waals surface area contributed by atoms with Crippen molar-refractivity contribution in [2.75, 3.05) is 6.54 Å². The van der Waals surface area contributed by atoms with E-state index >= 15 is 0 Å². The van der Waals surface area contributed by atoms with E-state index in [-0.39, 0.29) is 6.04 Å². The number of halogens is 1. The van der Waals surface area contributed by atoms with Gasteiger partial charge in [-0.2, -0.15) is 0 Å². The van der Waals surface area contributed by atoms with E-state index in [1.807, 2.05) is 42.5 Å². The van der Waals surface area contributed by atoms with Crippen LogP contribution in [0.5, 0.6) is 0 Å². The average Bonchev–Trinajstić information content (AvgIpc) is 3.11. The Kier molecular flexibility index (Phi) is 4.12. The lowest BCUT2D eigenvalue weighted by atomic mass is 10.1. The summed E-state index contributed by atoms with van der Waals surface area (Å²) in [5.41, 5.74) is 2.25. The molecule has 2 heteroatoms. The van der Waals surface area contributed by atoms with Gasteiger partial charge >= 0.3 is 0 Å². The molecule has 2 unspecified atom stereocenters. The van der Waals surface area contributed by atoms with Crippen molar-refractivity contribution in [3.63, 3.8) is 0 Å². The van der Waals surface area contributed by atoms with Crippen molar-refractivity contribution in [2.24, 2.45) is 0 Å². The Balaban J connectivity index is 1.67. The van der Waals surface area contributed by atoms with Crippen LogP contribution in [0.4, 0.5) is 4.39 Å². The van der Waals surface area contributed by atoms with E-state index in [1.165, 1.54) is 5.56 Å². The van der Waals surface area contributed by atoms with E-state index in [4.69, 9.17) is 0 Å². The van der Waals surface area contributed by atoms with Crippen LogP contribution < -0.4 is 0 Å². The molecule has 2 atom stereocenters. The molecule has 20 heavy (non-hydrogen) atoms. The first kappa shape index (κ1) is 13.3. The number of benzene rings is 1. The molecule has 2 aliphatic rings. The van der Waals surface area contributed by atoms with Crippen LogP contribution in [0.25, 0.3) is 0 Å². The molecule has 0 amide bonds. The summed E-state index contributed by atoms with van der Waals surface area (Å²) in [6.45, 7) is 1.84. The highest BCUT2D eigenvalue weighted by Gasteiger charge is 2.30. The summed E-state index contributed by atoms with van der Waals surface area (Å²) in [4.78, 5) is 2.28. The summed E-state index contributed by atoms with van der Waals surface area (Å²) in [7, 11) is 0. The minimum absolute atomic E-state index is 0.0186. The van der Waals surface area contributed by atoms with Crippen molar-refractivity contribution >= 4 is 0 Å². The molecule has 3 rings (SSSR count). The van der Waals surface area contributed by atoms with Crippen LogP contribution in [0.1, 0.15) is 18.4 Å². The molecule has 0 saturated carbocycles. The lowest BCUT2D eigenvalue weighted by Crippen LogP contribution is -2.35. The predicted octanol–water partition coefficient (Wildman–Crippen LogP) is 4.04. The Morgan fingerprint density at radius 1 is 1.20 bits per heavy atom. The SMILES string of the molecule is FC(C=C1C=CC=C1)C1CCCN1Cc1ccccc1. The van der Waals surface area contributed by atoms with Gasteiger partial charge in [-0.1, -0.05) is 54.6 Å². The Hall–Kier alpha value is -1.67. The smallest absolute Gasteiger partial charge is 0.135 e. The van der Waals surface area contributed by atoms with Gasteiger partial charge in [0.25, 0.3) is 0 Å². The number of alkyl halides is 1. The van der Waals surface area contributed by atoms with Crippen molar-refractivity contribution in [1.29, 1.82) is 0 Å². The van der Waals surface area contributed by atoms with Crippen molar-refractivity contribution in [3.8, 4) is 0 Å². The molecule has 1 saturated heterocycles. The summed E-state index contributed by atoms with van der Waals surface area (Å²) in [5.74, 6) is 0. The van der Waals surface area contributed by atoms with Crippen molar-refractivity contribution in [2.45, 2.75) is 31.6 Å². The maximum absolute atomic E-state index is 14.5. The van der Waals surface area contributed by atoms with Crippen LogP contribution in [-0.4, -0.2) is 23.7 Å². The Labute approximate surface area is 120 Å². The van der Waals surface area contributed by atoms with Crippen LogP contribution >= 0.6 is 0 Å². The van der Waals surface area contributed by atoms with Crippen LogP contribution in [0, 0.1) is 0 Å². The van der Waals surface area contributed by atoms with E-state index in [0.29, 0.717) is 0 Å². The number of nitrogens with zero attached hydrogens (tertiary/aromatic N) is 1. The van der Waals surface area contributed by atoms with Crippen molar-refractivity contribution < 1.29 is 4.39 Å². The van der Waals surface area contributed by atoms with Crippen molar-refractivity contribution in [1.82, 2.24) is 4.90 Å². The van der Waals surface area contributed by atoms with E-state index in [0.717, 1.165) is 31.5 Å². The third kappa shape index (κ3) is 3.07. The zero-order valence-electron chi connectivity index (χ0n) is 11.6. The number of rotatable bonds is 4. The second kappa shape index (κ2) is 6.19. The van der Waals surface area contributed by atoms with Gasteiger partial charge in [0.1, 0.15) is 6.17 Å². The Morgan fingerprint density at radius 3 is 2.70 bits per heavy atom. The lowest BCUT2D eigenvalue weighted by Gasteiger charge is -2.26. The first-order chi connectivity index (χ1) is 9.83. The average molecular weight is 269 g/mol. The molecular formula is C18H20FN. The summed E-state index contributed by atoms with van der Waals surface area (Å²) in [6, 6.07) is 10.4. The van der Waals surface area contributed by atoms with Gasteiger partial charge < -0.3 is 0 Å². The highest BCUT2D eigenvalue weighted by atomic mass is 19.1. The van der Waals surface area contributed by atoms with E-state index in [9.17, 15) is 4.39 Å². The number of likely N-dealkylation sites (tertiary alicyclic amines) is 1. The minimum atomic E-state index is -0.886. The Bertz CT molecular complexity index is 516. The number of hydrogen-bond acceptors (Lipinski definition) is 1. The van der Waals surface area contributed by atoms with Crippen LogP contribution in [0.2, 0.25) is 0 Å². The first-order valence-corrected chi connectivity index (χ1v) is 7.31. The maximum Gasteiger partial charge on any atom is 0.135 e. The van der Waals surface area contributed by atoms with Gasteiger partial charge in [-0.05, 0) is 36.6 Å². The summed E-state index contributed by atoms with van der Waals surface area (Å²) in [5, 5.41) is 0. The Morgan fingerprint density at radius 2 is 1.95 bits per heavy atom. The fraction of sp³-hybridized carbons (Fsp3) is 0.333. The molecule has 1 heterocycles. The van der Waals surface area contributed by atoms with Gasteiger partial charge in [0, 0.05) is 12.6 Å². The molecule has 0 N–H and O–H groups in total. The van der Waals surface area contributed by atoms with Crippen LogP contribution in [0.3, 0.4) is 0 Å². The molecular weight excluding hydrogens is 249 g/mol. The van der Waals surface area contributed by atoms with Gasteiger partial charge in [0.2, 0.25) is 0 Å². The fourth-order valence-corrected chi connectivity index (χ4v) is 3.02. The molecule has 0 aromatic heterocycles. The molecule has 1 aliphatic carbocycles. The predicted molar refractivity (Wildman–Crippen MR) is 81.1 cm³/mol. The van der Waals surface area contributed by atoms with Crippen molar-refractivity contribution in [3.05, 3.63) is 71.8 Å². The molecule has 1 fully saturated rings. The van der Waals surface area contributed by atoms with Gasteiger partial charge in [0.15, 0.2) is 0 Å². The normalized spacial score (nSPS) is 23.4. The standard InChI is InChI=1S/C18H20FN/c19-17(13-15-7-4-5-8-15)18-11-6-12-20(18)14-16-9-2-1-3-10-16/h1-5,7-10,13,17-18H,6,11-12,14H2. The topological polar surface area (TPSA) is 3.24 Å². The maximum atomic E-state index is 14.5. The van der Waals surface area contributed by atoms with E-state index < -0.39 is 6.17 Å². The molecule has 1 aromatic rings. The summed E-state index contributed by atoms with van der Waals surface area (Å²) < 4.78 is 14.5. The molecule has 104 valence electrons. The van der Waals surface area contributed by atoms with Crippen LogP contribution in [-0.2, 0) is 6.54 Å². The van der Waals surface area contributed by atoms with Crippen LogP contribution in [0.15, 0.2) is 66.3 Å². The number of hydrogen-bond donors (Lipinski definition) is 0. The lowest BCUT2D eigenvalue weighted by molar-refractivity contribution is 0.169. The van der Waals surface area contributed by atoms with Gasteiger partial charge in [-0.25, -0.2) is 4.39 Å². The molecule has 1 aliphatic heterocycles. The quantitative estimate of drug-likeness (QED) is 0.797. The fourth-order valence-electron chi connectivity index (χ4n) is 3.02. The van der Waals surface area contributed by atoms with E-state index in [1.54, 1.807) is 6.08 Å². The largest absolute Gasteiger partial charge is 0.293 e. The zero-order chi connectivity index (χ0) is 13.8. The molecule has 0 radical (unpaired) electrons. The minimum Gasteiger partial charge on any atom is -0.293 e. The van der Waals surface area contributed by atoms with E-state index in [2.05, 4.69) is 17.0 Å². The zero-order valence-corrected chi connectivity index (χ0v) is 11.6. The first-order valence-electron chi connectivity index (χ1n) is 7.31. The second-order valence-electron chi connectivity index (χ2n) is 5.49. The van der Waals surface area contributed by atoms with Gasteiger partial charge in [-0.3, -0.25) is 4.90 Å². The van der Waals surface area contributed by atoms with Gasteiger partial charge in [0.05, 0.1) is 0 Å². The highest BCUT2D eigenvalue weighted by Crippen LogP contribution is 2.26. The third-order valence-electron chi connectivity index (χ3n) is 4.05. The molecule has 1 nitrogen and oxygen atoms in total. The molecule has 0 bridgehead atoms. The molecule has 1 aromatic carbocycles. The third-order valence-corrected chi connectivity index (χ3v) is 4.05. The molecule has 0 spiro atoms. The summed E-state index contributed by atoms with van der Waals surface area (Å²) >= 11 is 0. The summed E-state index contributed by atoms with van der Waals surface area (Å²) in [6.07, 6.45) is 10.7.